The first kappa shape index (κ1) is 26.8. The molecule has 13 heteroatoms. The number of carbonyl (C=O) groups is 2. The highest BCUT2D eigenvalue weighted by atomic mass is 35.5. The highest BCUT2D eigenvalue weighted by Gasteiger charge is 2.31. The van der Waals surface area contributed by atoms with E-state index in [9.17, 15) is 31.2 Å². The van der Waals surface area contributed by atoms with Gasteiger partial charge in [-0.2, -0.15) is 0 Å². The molecule has 0 aliphatic heterocycles. The third-order valence-corrected chi connectivity index (χ3v) is 6.42. The number of aromatic carboxylic acids is 1. The Bertz CT molecular complexity index is 1380. The summed E-state index contributed by atoms with van der Waals surface area (Å²) in [5.41, 5.74) is 0.850. The van der Waals surface area contributed by atoms with Crippen molar-refractivity contribution >= 4 is 39.2 Å². The van der Waals surface area contributed by atoms with Crippen LogP contribution in [0, 0.1) is 0 Å². The second kappa shape index (κ2) is 10.9. The summed E-state index contributed by atoms with van der Waals surface area (Å²) in [5.74, 6) is -2.30. The minimum Gasteiger partial charge on any atom is -0.478 e. The van der Waals surface area contributed by atoms with Crippen molar-refractivity contribution in [2.45, 2.75) is 17.7 Å². The van der Waals surface area contributed by atoms with Crippen molar-refractivity contribution in [2.24, 2.45) is 0 Å². The molecule has 1 amide bonds. The van der Waals surface area contributed by atoms with Crippen LogP contribution in [-0.2, 0) is 16.4 Å². The summed E-state index contributed by atoms with van der Waals surface area (Å²) in [7, 11) is -4.37. The Balaban J connectivity index is 1.68. The zero-order valence-electron chi connectivity index (χ0n) is 18.2. The van der Waals surface area contributed by atoms with Crippen LogP contribution in [0.3, 0.4) is 0 Å². The number of rotatable bonds is 9. The van der Waals surface area contributed by atoms with Gasteiger partial charge < -0.3 is 15.2 Å². The summed E-state index contributed by atoms with van der Waals surface area (Å²) in [6.45, 7) is 0.209. The molecule has 36 heavy (non-hydrogen) atoms. The fourth-order valence-corrected chi connectivity index (χ4v) is 4.35. The molecule has 0 aliphatic carbocycles. The van der Waals surface area contributed by atoms with Gasteiger partial charge in [0.1, 0.15) is 5.75 Å². The van der Waals surface area contributed by atoms with Crippen LogP contribution in [0.4, 0.5) is 18.9 Å². The number of hydrogen-bond donors (Lipinski definition) is 3. The molecule has 0 aromatic heterocycles. The molecule has 8 nitrogen and oxygen atoms in total. The van der Waals surface area contributed by atoms with Crippen LogP contribution in [0.2, 0.25) is 5.02 Å². The van der Waals surface area contributed by atoms with Gasteiger partial charge in [-0.15, -0.1) is 13.2 Å². The molecule has 3 aromatic rings. The van der Waals surface area contributed by atoms with Gasteiger partial charge in [0.25, 0.3) is 15.9 Å². The fraction of sp³-hybridized carbons (Fsp3) is 0.130. The number of nitrogens with one attached hydrogen (secondary N) is 2. The molecule has 0 saturated carbocycles. The highest BCUT2D eigenvalue weighted by molar-refractivity contribution is 7.92. The van der Waals surface area contributed by atoms with E-state index in [-0.39, 0.29) is 28.4 Å². The Kier molecular flexibility index (Phi) is 8.10. The van der Waals surface area contributed by atoms with Crippen molar-refractivity contribution < 1.29 is 41.0 Å². The lowest BCUT2D eigenvalue weighted by Crippen LogP contribution is -2.26. The van der Waals surface area contributed by atoms with Crippen LogP contribution in [0.25, 0.3) is 0 Å². The smallest absolute Gasteiger partial charge is 0.478 e. The zero-order chi connectivity index (χ0) is 26.5. The minimum atomic E-state index is -5.00. The van der Waals surface area contributed by atoms with E-state index < -0.39 is 38.9 Å². The van der Waals surface area contributed by atoms with Crippen LogP contribution in [0.15, 0.2) is 71.6 Å². The summed E-state index contributed by atoms with van der Waals surface area (Å²) in [6.07, 6.45) is -4.59. The second-order valence-electron chi connectivity index (χ2n) is 7.33. The van der Waals surface area contributed by atoms with Crippen molar-refractivity contribution in [1.82, 2.24) is 5.32 Å². The fourth-order valence-electron chi connectivity index (χ4n) is 3.02. The number of anilines is 1. The third-order valence-electron chi connectivity index (χ3n) is 4.72. The van der Waals surface area contributed by atoms with E-state index in [0.717, 1.165) is 23.8 Å². The van der Waals surface area contributed by atoms with Crippen molar-refractivity contribution in [3.8, 4) is 5.75 Å². The first-order chi connectivity index (χ1) is 16.8. The van der Waals surface area contributed by atoms with E-state index in [1.807, 2.05) is 0 Å². The van der Waals surface area contributed by atoms with Gasteiger partial charge in [0.05, 0.1) is 21.2 Å². The Labute approximate surface area is 208 Å². The lowest BCUT2D eigenvalue weighted by molar-refractivity contribution is -0.274. The number of hydrogen-bond acceptors (Lipinski definition) is 5. The normalized spacial score (nSPS) is 11.6. The first-order valence-electron chi connectivity index (χ1n) is 10.1. The molecule has 190 valence electrons. The standard InChI is InChI=1S/C23H18ClF3N2O6S/c24-19-9-8-16(21(30)28-11-10-14-4-6-15(7-5-14)22(31)32)12-20(19)29-36(33,34)18-3-1-2-17(13-18)35-23(25,26)27/h1-9,12-13,29H,10-11H2,(H,28,30)(H,31,32). The molecule has 3 aromatic carbocycles. The van der Waals surface area contributed by atoms with Gasteiger partial charge >= 0.3 is 12.3 Å². The third kappa shape index (κ3) is 7.36. The number of ether oxygens (including phenoxy) is 1. The first-order valence-corrected chi connectivity index (χ1v) is 12.0. The van der Waals surface area contributed by atoms with Crippen molar-refractivity contribution in [1.29, 1.82) is 0 Å². The lowest BCUT2D eigenvalue weighted by Gasteiger charge is -2.13. The zero-order valence-corrected chi connectivity index (χ0v) is 19.7. The molecule has 0 spiro atoms. The maximum atomic E-state index is 12.7. The van der Waals surface area contributed by atoms with Crippen LogP contribution in [0.1, 0.15) is 26.3 Å². The number of amides is 1. The molecule has 0 saturated heterocycles. The second-order valence-corrected chi connectivity index (χ2v) is 9.42. The van der Waals surface area contributed by atoms with Gasteiger partial charge in [0.2, 0.25) is 0 Å². The Morgan fingerprint density at radius 3 is 2.28 bits per heavy atom. The van der Waals surface area contributed by atoms with Crippen LogP contribution in [0.5, 0.6) is 5.75 Å². The number of halogens is 4. The van der Waals surface area contributed by atoms with E-state index in [1.165, 1.54) is 30.3 Å². The average Bonchev–Trinajstić information content (AvgIpc) is 2.79. The van der Waals surface area contributed by atoms with Crippen molar-refractivity contribution in [3.63, 3.8) is 0 Å². The molecule has 3 N–H and O–H groups in total. The average molecular weight is 543 g/mol. The quantitative estimate of drug-likeness (QED) is 0.360. The molecule has 0 bridgehead atoms. The van der Waals surface area contributed by atoms with Crippen LogP contribution in [-0.4, -0.2) is 38.3 Å². The van der Waals surface area contributed by atoms with E-state index in [2.05, 4.69) is 14.8 Å². The number of carbonyl (C=O) groups excluding carboxylic acids is 1. The summed E-state index contributed by atoms with van der Waals surface area (Å²) >= 11 is 6.06. The predicted molar refractivity (Wildman–Crippen MR) is 125 cm³/mol. The molecular formula is C23H18ClF3N2O6S. The number of benzene rings is 3. The summed E-state index contributed by atoms with van der Waals surface area (Å²) in [5, 5.41) is 11.5. The molecule has 0 heterocycles. The summed E-state index contributed by atoms with van der Waals surface area (Å²) < 4.78 is 68.7. The van der Waals surface area contributed by atoms with E-state index in [4.69, 9.17) is 16.7 Å². The molecule has 0 unspecified atom stereocenters. The van der Waals surface area contributed by atoms with Gasteiger partial charge in [0.15, 0.2) is 0 Å². The van der Waals surface area contributed by atoms with E-state index >= 15 is 0 Å². The molecule has 0 atom stereocenters. The maximum Gasteiger partial charge on any atom is 0.573 e. The number of carboxylic acid groups (broad SMARTS) is 1. The Morgan fingerprint density at radius 1 is 0.972 bits per heavy atom. The maximum absolute atomic E-state index is 12.7. The van der Waals surface area contributed by atoms with E-state index in [0.29, 0.717) is 12.5 Å². The predicted octanol–water partition coefficient (Wildman–Crippen LogP) is 4.71. The molecular weight excluding hydrogens is 525 g/mol. The SMILES string of the molecule is O=C(O)c1ccc(CCNC(=O)c2ccc(Cl)c(NS(=O)(=O)c3cccc(OC(F)(F)F)c3)c2)cc1. The number of alkyl halides is 3. The van der Waals surface area contributed by atoms with Gasteiger partial charge in [0, 0.05) is 18.2 Å². The van der Waals surface area contributed by atoms with Gasteiger partial charge in [-0.1, -0.05) is 29.8 Å². The number of sulfonamides is 1. The lowest BCUT2D eigenvalue weighted by atomic mass is 10.1. The van der Waals surface area contributed by atoms with Gasteiger partial charge in [-0.25, -0.2) is 13.2 Å². The van der Waals surface area contributed by atoms with Crippen molar-refractivity contribution in [3.05, 3.63) is 88.4 Å². The van der Waals surface area contributed by atoms with Crippen molar-refractivity contribution in [2.75, 3.05) is 11.3 Å². The highest BCUT2D eigenvalue weighted by Crippen LogP contribution is 2.28. The molecule has 0 aliphatic rings. The molecule has 0 radical (unpaired) electrons. The van der Waals surface area contributed by atoms with Crippen LogP contribution < -0.4 is 14.8 Å². The Hall–Kier alpha value is -3.77. The van der Waals surface area contributed by atoms with Gasteiger partial charge in [-0.3, -0.25) is 9.52 Å². The number of carboxylic acids is 1. The molecule has 0 fully saturated rings. The Morgan fingerprint density at radius 2 is 1.64 bits per heavy atom. The summed E-state index contributed by atoms with van der Waals surface area (Å²) in [4.78, 5) is 22.9. The van der Waals surface area contributed by atoms with E-state index in [1.54, 1.807) is 12.1 Å². The van der Waals surface area contributed by atoms with Crippen LogP contribution >= 0.6 is 11.6 Å². The molecule has 3 rings (SSSR count). The minimum absolute atomic E-state index is 0.0451. The summed E-state index contributed by atoms with van der Waals surface area (Å²) in [6, 6.07) is 13.8. The topological polar surface area (TPSA) is 122 Å². The van der Waals surface area contributed by atoms with Gasteiger partial charge in [-0.05, 0) is 54.4 Å². The largest absolute Gasteiger partial charge is 0.573 e. The monoisotopic (exact) mass is 542 g/mol.